The second-order valence-electron chi connectivity index (χ2n) is 12.3. The number of hydrogen-bond acceptors (Lipinski definition) is 6. The van der Waals surface area contributed by atoms with Gasteiger partial charge in [-0.2, -0.15) is 0 Å². The van der Waals surface area contributed by atoms with Crippen molar-refractivity contribution in [3.8, 4) is 17.0 Å². The molecule has 1 amide bonds. The Bertz CT molecular complexity index is 1650. The molecular formula is C38H46F2N4O4. The summed E-state index contributed by atoms with van der Waals surface area (Å²) in [6.45, 7) is 9.26. The largest absolute Gasteiger partial charge is 0.481 e. The lowest BCUT2D eigenvalue weighted by Crippen LogP contribution is -2.62. The molecule has 1 unspecified atom stereocenters. The Morgan fingerprint density at radius 2 is 1.73 bits per heavy atom. The molecular weight excluding hydrogens is 614 g/mol. The first-order valence-electron chi connectivity index (χ1n) is 16.5. The van der Waals surface area contributed by atoms with Gasteiger partial charge in [0.05, 0.1) is 18.7 Å². The summed E-state index contributed by atoms with van der Waals surface area (Å²) in [7, 11) is 1.57. The number of hydrogen-bond donors (Lipinski definition) is 3. The van der Waals surface area contributed by atoms with Crippen LogP contribution in [-0.2, 0) is 21.5 Å². The number of methoxy groups -OCH3 is 1. The number of nitrogens with zero attached hydrogens (tertiary/aromatic N) is 2. The van der Waals surface area contributed by atoms with E-state index in [4.69, 9.17) is 10.5 Å². The van der Waals surface area contributed by atoms with Crippen molar-refractivity contribution in [1.29, 1.82) is 0 Å². The molecule has 8 nitrogen and oxygen atoms in total. The molecule has 3 aromatic rings. The summed E-state index contributed by atoms with van der Waals surface area (Å²) in [4.78, 5) is 33.5. The van der Waals surface area contributed by atoms with Crippen molar-refractivity contribution >= 4 is 11.9 Å². The van der Waals surface area contributed by atoms with Gasteiger partial charge in [0.25, 0.3) is 0 Å². The summed E-state index contributed by atoms with van der Waals surface area (Å²) in [6.07, 6.45) is 5.08. The lowest BCUT2D eigenvalue weighted by atomic mass is 9.58. The van der Waals surface area contributed by atoms with Crippen LogP contribution < -0.4 is 15.8 Å². The van der Waals surface area contributed by atoms with Crippen LogP contribution in [0, 0.1) is 17.6 Å². The number of amides is 1. The zero-order chi connectivity index (χ0) is 35.0. The van der Waals surface area contributed by atoms with Crippen LogP contribution in [0.3, 0.4) is 0 Å². The van der Waals surface area contributed by atoms with Crippen LogP contribution >= 0.6 is 0 Å². The van der Waals surface area contributed by atoms with Crippen molar-refractivity contribution < 1.29 is 28.2 Å². The Kier molecular flexibility index (Phi) is 12.2. The van der Waals surface area contributed by atoms with Crippen molar-refractivity contribution in [3.05, 3.63) is 106 Å². The SMILES string of the molecule is CCCN(CCC)C(=O)C1(c2cc(F)cc(F)c2)C([C@@H](CC)CNCc2cccc(-c3ccc(OC)nc3)c2)=C(C)C=C(C(=O)O)[C@H]1N. The minimum atomic E-state index is -1.86. The van der Waals surface area contributed by atoms with E-state index in [1.807, 2.05) is 45.0 Å². The van der Waals surface area contributed by atoms with Crippen LogP contribution in [0.4, 0.5) is 8.78 Å². The lowest BCUT2D eigenvalue weighted by molar-refractivity contribution is -0.137. The molecule has 0 radical (unpaired) electrons. The first-order valence-corrected chi connectivity index (χ1v) is 16.5. The van der Waals surface area contributed by atoms with E-state index in [9.17, 15) is 14.7 Å². The van der Waals surface area contributed by atoms with Crippen LogP contribution in [0.5, 0.6) is 5.88 Å². The highest BCUT2D eigenvalue weighted by Gasteiger charge is 2.56. The van der Waals surface area contributed by atoms with E-state index in [1.54, 1.807) is 31.2 Å². The number of nitrogens with two attached hydrogens (primary N) is 1. The number of aromatic nitrogens is 1. The number of carboxylic acids is 1. The maximum Gasteiger partial charge on any atom is 0.333 e. The molecule has 1 aromatic heterocycles. The number of allylic oxidation sites excluding steroid dienone is 2. The lowest BCUT2D eigenvalue weighted by Gasteiger charge is -2.48. The maximum absolute atomic E-state index is 15.0. The Balaban J connectivity index is 1.79. The Hall–Kier alpha value is -4.41. The average Bonchev–Trinajstić information content (AvgIpc) is 3.07. The van der Waals surface area contributed by atoms with E-state index in [0.717, 1.165) is 34.9 Å². The molecule has 2 aromatic carbocycles. The quantitative estimate of drug-likeness (QED) is 0.173. The molecule has 4 rings (SSSR count). The van der Waals surface area contributed by atoms with Gasteiger partial charge in [-0.15, -0.1) is 0 Å². The fourth-order valence-corrected chi connectivity index (χ4v) is 6.92. The van der Waals surface area contributed by atoms with Crippen molar-refractivity contribution in [2.75, 3.05) is 26.7 Å². The summed E-state index contributed by atoms with van der Waals surface area (Å²) in [6, 6.07) is 13.4. The third-order valence-electron chi connectivity index (χ3n) is 9.03. The molecule has 0 saturated heterocycles. The van der Waals surface area contributed by atoms with Crippen molar-refractivity contribution in [2.45, 2.75) is 65.0 Å². The van der Waals surface area contributed by atoms with Gasteiger partial charge < -0.3 is 25.8 Å². The van der Waals surface area contributed by atoms with Gasteiger partial charge in [-0.05, 0) is 90.3 Å². The fourth-order valence-electron chi connectivity index (χ4n) is 6.92. The van der Waals surface area contributed by atoms with Gasteiger partial charge >= 0.3 is 5.97 Å². The average molecular weight is 661 g/mol. The smallest absolute Gasteiger partial charge is 0.333 e. The van der Waals surface area contributed by atoms with E-state index in [0.29, 0.717) is 62.5 Å². The third-order valence-corrected chi connectivity index (χ3v) is 9.03. The molecule has 1 heterocycles. The molecule has 4 N–H and O–H groups in total. The van der Waals surface area contributed by atoms with E-state index in [-0.39, 0.29) is 17.1 Å². The predicted octanol–water partition coefficient (Wildman–Crippen LogP) is 6.41. The number of halogens is 2. The summed E-state index contributed by atoms with van der Waals surface area (Å²) in [5.41, 5.74) is 8.90. The van der Waals surface area contributed by atoms with Crippen LogP contribution in [0.15, 0.2) is 83.6 Å². The molecule has 3 atom stereocenters. The zero-order valence-electron chi connectivity index (χ0n) is 28.4. The molecule has 10 heteroatoms. The number of nitrogens with one attached hydrogen (secondary N) is 1. The number of aliphatic carboxylic acids is 1. The second-order valence-corrected chi connectivity index (χ2v) is 12.3. The van der Waals surface area contributed by atoms with Crippen LogP contribution in [0.25, 0.3) is 11.1 Å². The predicted molar refractivity (Wildman–Crippen MR) is 183 cm³/mol. The molecule has 0 saturated carbocycles. The summed E-state index contributed by atoms with van der Waals surface area (Å²) >= 11 is 0. The van der Waals surface area contributed by atoms with E-state index in [2.05, 4.69) is 16.4 Å². The van der Waals surface area contributed by atoms with Gasteiger partial charge in [0.15, 0.2) is 0 Å². The standard InChI is InChI=1S/C38H46F2N4O4/c1-6-14-44(15-7-2)37(47)38(29-18-30(39)20-31(40)19-29)34(24(4)16-32(35(38)41)36(45)46)26(8-3)22-42-21-25-10-9-11-27(17-25)28-12-13-33(48-5)43-23-28/h9-13,16-20,23,26,35,42H,6-8,14-15,21-22,41H2,1-5H3,(H,45,46)/t26-,35+,38?/m0/s1. The molecule has 0 fully saturated rings. The number of carboxylic acid groups (broad SMARTS) is 1. The number of ether oxygens (including phenoxy) is 1. The Morgan fingerprint density at radius 3 is 2.29 bits per heavy atom. The van der Waals surface area contributed by atoms with Crippen LogP contribution in [0.1, 0.15) is 58.1 Å². The minimum absolute atomic E-state index is 0.00941. The highest BCUT2D eigenvalue weighted by molar-refractivity contribution is 5.99. The first-order chi connectivity index (χ1) is 23.0. The highest BCUT2D eigenvalue weighted by Crippen LogP contribution is 2.48. The number of rotatable bonds is 15. The zero-order valence-corrected chi connectivity index (χ0v) is 28.4. The highest BCUT2D eigenvalue weighted by atomic mass is 19.1. The van der Waals surface area contributed by atoms with Crippen molar-refractivity contribution in [3.63, 3.8) is 0 Å². The molecule has 48 heavy (non-hydrogen) atoms. The maximum atomic E-state index is 15.0. The monoisotopic (exact) mass is 660 g/mol. The first kappa shape index (κ1) is 36.4. The Labute approximate surface area is 281 Å². The fraction of sp³-hybridized carbons (Fsp3) is 0.395. The van der Waals surface area contributed by atoms with Crippen LogP contribution in [0.2, 0.25) is 0 Å². The summed E-state index contributed by atoms with van der Waals surface area (Å²) in [5, 5.41) is 13.8. The number of pyridine rings is 1. The molecule has 0 bridgehead atoms. The van der Waals surface area contributed by atoms with Gasteiger partial charge in [-0.25, -0.2) is 18.6 Å². The summed E-state index contributed by atoms with van der Waals surface area (Å²) in [5.74, 6) is -3.29. The molecule has 0 aliphatic heterocycles. The topological polar surface area (TPSA) is 118 Å². The van der Waals surface area contributed by atoms with E-state index >= 15 is 8.78 Å². The molecule has 256 valence electrons. The normalized spacial score (nSPS) is 18.3. The van der Waals surface area contributed by atoms with Crippen molar-refractivity contribution in [1.82, 2.24) is 15.2 Å². The van der Waals surface area contributed by atoms with Crippen LogP contribution in [-0.4, -0.2) is 59.7 Å². The minimum Gasteiger partial charge on any atom is -0.481 e. The molecule has 0 spiro atoms. The van der Waals surface area contributed by atoms with Gasteiger partial charge in [-0.1, -0.05) is 39.0 Å². The van der Waals surface area contributed by atoms with Crippen molar-refractivity contribution in [2.24, 2.45) is 11.7 Å². The van der Waals surface area contributed by atoms with E-state index < -0.39 is 35.0 Å². The molecule has 1 aliphatic carbocycles. The second kappa shape index (κ2) is 16.1. The third kappa shape index (κ3) is 7.50. The van der Waals surface area contributed by atoms with E-state index in [1.165, 1.54) is 6.08 Å². The Morgan fingerprint density at radius 1 is 1.04 bits per heavy atom. The molecule has 1 aliphatic rings. The van der Waals surface area contributed by atoms with Gasteiger partial charge in [0, 0.05) is 50.1 Å². The van der Waals surface area contributed by atoms with Gasteiger partial charge in [0.1, 0.15) is 17.0 Å². The summed E-state index contributed by atoms with van der Waals surface area (Å²) < 4.78 is 35.2. The van der Waals surface area contributed by atoms with Gasteiger partial charge in [-0.3, -0.25) is 4.79 Å². The number of benzene rings is 2. The van der Waals surface area contributed by atoms with Gasteiger partial charge in [0.2, 0.25) is 11.8 Å². The number of carbonyl (C=O) groups excluding carboxylic acids is 1. The number of carbonyl (C=O) groups is 2.